The highest BCUT2D eigenvalue weighted by molar-refractivity contribution is 5.87. The van der Waals surface area contributed by atoms with Crippen LogP contribution in [0.5, 0.6) is 0 Å². The Hall–Kier alpha value is -2.08. The Kier molecular flexibility index (Phi) is 4.26. The molecule has 2 N–H and O–H groups in total. The number of urea groups is 1. The van der Waals surface area contributed by atoms with Gasteiger partial charge in [0.05, 0.1) is 0 Å². The number of piperazine rings is 1. The van der Waals surface area contributed by atoms with Crippen molar-refractivity contribution in [2.75, 3.05) is 32.7 Å². The van der Waals surface area contributed by atoms with Crippen molar-refractivity contribution < 1.29 is 14.7 Å². The molecule has 3 rings (SSSR count). The summed E-state index contributed by atoms with van der Waals surface area (Å²) in [6, 6.07) is 7.70. The van der Waals surface area contributed by atoms with E-state index in [0.717, 1.165) is 11.1 Å². The Morgan fingerprint density at radius 3 is 2.13 bits per heavy atom. The second-order valence-corrected chi connectivity index (χ2v) is 6.27. The van der Waals surface area contributed by atoms with Gasteiger partial charge in [0.25, 0.3) is 5.91 Å². The van der Waals surface area contributed by atoms with Gasteiger partial charge < -0.3 is 20.2 Å². The van der Waals surface area contributed by atoms with E-state index < -0.39 is 5.60 Å². The maximum absolute atomic E-state index is 12.7. The number of carbonyl (C=O) groups excluding carboxylic acids is 2. The fraction of sp³-hybridized carbons (Fsp3) is 0.529. The first-order valence-corrected chi connectivity index (χ1v) is 8.15. The highest BCUT2D eigenvalue weighted by Crippen LogP contribution is 2.31. The zero-order chi connectivity index (χ0) is 16.4. The first kappa shape index (κ1) is 15.8. The van der Waals surface area contributed by atoms with Crippen molar-refractivity contribution in [3.8, 4) is 0 Å². The van der Waals surface area contributed by atoms with Crippen LogP contribution in [0.15, 0.2) is 24.3 Å². The zero-order valence-electron chi connectivity index (χ0n) is 13.4. The van der Waals surface area contributed by atoms with Gasteiger partial charge in [-0.05, 0) is 18.1 Å². The molecule has 0 atom stereocenters. The van der Waals surface area contributed by atoms with Crippen LogP contribution in [-0.4, -0.2) is 65.2 Å². The largest absolute Gasteiger partial charge is 0.379 e. The topological polar surface area (TPSA) is 72.9 Å². The molecule has 1 aromatic rings. The zero-order valence-corrected chi connectivity index (χ0v) is 13.4. The van der Waals surface area contributed by atoms with E-state index in [4.69, 9.17) is 0 Å². The van der Waals surface area contributed by atoms with Gasteiger partial charge >= 0.3 is 6.03 Å². The van der Waals surface area contributed by atoms with Crippen molar-refractivity contribution >= 4 is 11.9 Å². The molecule has 1 aliphatic carbocycles. The molecular formula is C17H23N3O3. The number of aliphatic hydroxyl groups is 1. The van der Waals surface area contributed by atoms with Gasteiger partial charge in [0.15, 0.2) is 5.60 Å². The quantitative estimate of drug-likeness (QED) is 0.829. The second-order valence-electron chi connectivity index (χ2n) is 6.27. The minimum Gasteiger partial charge on any atom is -0.379 e. The monoisotopic (exact) mass is 317 g/mol. The molecule has 2 aliphatic rings. The van der Waals surface area contributed by atoms with Gasteiger partial charge in [-0.1, -0.05) is 24.3 Å². The van der Waals surface area contributed by atoms with Gasteiger partial charge in [0, 0.05) is 45.6 Å². The van der Waals surface area contributed by atoms with Crippen molar-refractivity contribution in [2.24, 2.45) is 0 Å². The molecule has 3 amide bonds. The molecule has 1 aliphatic heterocycles. The summed E-state index contributed by atoms with van der Waals surface area (Å²) in [5, 5.41) is 13.6. The van der Waals surface area contributed by atoms with Gasteiger partial charge in [-0.2, -0.15) is 0 Å². The first-order valence-electron chi connectivity index (χ1n) is 8.15. The third-order valence-corrected chi connectivity index (χ3v) is 4.66. The number of carbonyl (C=O) groups is 2. The molecule has 0 spiro atoms. The van der Waals surface area contributed by atoms with Crippen molar-refractivity contribution in [1.82, 2.24) is 15.1 Å². The molecule has 0 saturated carbocycles. The van der Waals surface area contributed by atoms with Crippen LogP contribution in [0, 0.1) is 0 Å². The third kappa shape index (κ3) is 3.03. The normalized spacial score (nSPS) is 19.4. The molecule has 0 unspecified atom stereocenters. The molecule has 1 heterocycles. The average Bonchev–Trinajstić information content (AvgIpc) is 2.92. The Bertz CT molecular complexity index is 584. The molecule has 6 nitrogen and oxygen atoms in total. The SMILES string of the molecule is CCNC(=O)N1CCN(C(=O)C2(O)Cc3ccccc3C2)CC1. The summed E-state index contributed by atoms with van der Waals surface area (Å²) in [7, 11) is 0. The highest BCUT2D eigenvalue weighted by atomic mass is 16.3. The van der Waals surface area contributed by atoms with E-state index in [0.29, 0.717) is 45.6 Å². The van der Waals surface area contributed by atoms with Crippen LogP contribution in [0.2, 0.25) is 0 Å². The minimum absolute atomic E-state index is 0.0911. The minimum atomic E-state index is -1.34. The van der Waals surface area contributed by atoms with Gasteiger partial charge in [-0.3, -0.25) is 4.79 Å². The van der Waals surface area contributed by atoms with Gasteiger partial charge in [0.1, 0.15) is 0 Å². The van der Waals surface area contributed by atoms with Crippen LogP contribution in [0.4, 0.5) is 4.79 Å². The van der Waals surface area contributed by atoms with E-state index >= 15 is 0 Å². The van der Waals surface area contributed by atoms with Crippen molar-refractivity contribution in [3.63, 3.8) is 0 Å². The average molecular weight is 317 g/mol. The van der Waals surface area contributed by atoms with Gasteiger partial charge in [0.2, 0.25) is 0 Å². The molecule has 0 aromatic heterocycles. The molecule has 1 fully saturated rings. The molecule has 0 radical (unpaired) electrons. The Labute approximate surface area is 136 Å². The van der Waals surface area contributed by atoms with Crippen molar-refractivity contribution in [3.05, 3.63) is 35.4 Å². The highest BCUT2D eigenvalue weighted by Gasteiger charge is 2.44. The number of nitrogens with one attached hydrogen (secondary N) is 1. The Morgan fingerprint density at radius 1 is 1.09 bits per heavy atom. The lowest BCUT2D eigenvalue weighted by molar-refractivity contribution is -0.151. The lowest BCUT2D eigenvalue weighted by Crippen LogP contribution is -2.58. The standard InChI is InChI=1S/C17H23N3O3/c1-2-18-16(22)20-9-7-19(8-10-20)15(21)17(23)11-13-5-3-4-6-14(13)12-17/h3-6,23H,2,7-12H2,1H3,(H,18,22). The maximum atomic E-state index is 12.7. The molecule has 1 aromatic carbocycles. The number of hydrogen-bond donors (Lipinski definition) is 2. The van der Waals surface area contributed by atoms with Gasteiger partial charge in [-0.25, -0.2) is 4.79 Å². The second kappa shape index (κ2) is 6.20. The van der Waals surface area contributed by atoms with Crippen LogP contribution >= 0.6 is 0 Å². The van der Waals surface area contributed by atoms with E-state index in [2.05, 4.69) is 5.32 Å². The molecule has 0 bridgehead atoms. The van der Waals surface area contributed by atoms with E-state index in [1.807, 2.05) is 31.2 Å². The lowest BCUT2D eigenvalue weighted by Gasteiger charge is -2.37. The predicted molar refractivity (Wildman–Crippen MR) is 86.0 cm³/mol. The van der Waals surface area contributed by atoms with E-state index in [1.165, 1.54) is 0 Å². The number of benzene rings is 1. The Morgan fingerprint density at radius 2 is 1.61 bits per heavy atom. The molecule has 23 heavy (non-hydrogen) atoms. The lowest BCUT2D eigenvalue weighted by atomic mass is 9.98. The number of nitrogens with zero attached hydrogens (tertiary/aromatic N) is 2. The summed E-state index contributed by atoms with van der Waals surface area (Å²) in [4.78, 5) is 27.9. The predicted octanol–water partition coefficient (Wildman–Crippen LogP) is 0.390. The van der Waals surface area contributed by atoms with Crippen LogP contribution < -0.4 is 5.32 Å². The van der Waals surface area contributed by atoms with Crippen LogP contribution in [0.3, 0.4) is 0 Å². The van der Waals surface area contributed by atoms with Crippen molar-refractivity contribution in [1.29, 1.82) is 0 Å². The molecule has 1 saturated heterocycles. The maximum Gasteiger partial charge on any atom is 0.317 e. The van der Waals surface area contributed by atoms with Crippen LogP contribution in [0.25, 0.3) is 0 Å². The summed E-state index contributed by atoms with van der Waals surface area (Å²) in [5.74, 6) is -0.218. The Balaban J connectivity index is 1.61. The number of hydrogen-bond acceptors (Lipinski definition) is 3. The summed E-state index contributed by atoms with van der Waals surface area (Å²) in [6.07, 6.45) is 0.747. The van der Waals surface area contributed by atoms with E-state index in [9.17, 15) is 14.7 Å². The third-order valence-electron chi connectivity index (χ3n) is 4.66. The summed E-state index contributed by atoms with van der Waals surface area (Å²) in [5.41, 5.74) is 0.756. The molecular weight excluding hydrogens is 294 g/mol. The fourth-order valence-electron chi connectivity index (χ4n) is 3.42. The van der Waals surface area contributed by atoms with Crippen molar-refractivity contribution in [2.45, 2.75) is 25.4 Å². The number of fused-ring (bicyclic) bond motifs is 1. The molecule has 6 heteroatoms. The fourth-order valence-corrected chi connectivity index (χ4v) is 3.42. The summed E-state index contributed by atoms with van der Waals surface area (Å²) >= 11 is 0. The van der Waals surface area contributed by atoms with E-state index in [1.54, 1.807) is 9.80 Å². The van der Waals surface area contributed by atoms with Gasteiger partial charge in [-0.15, -0.1) is 0 Å². The first-order chi connectivity index (χ1) is 11.0. The van der Waals surface area contributed by atoms with Crippen LogP contribution in [0.1, 0.15) is 18.1 Å². The molecule has 124 valence electrons. The summed E-state index contributed by atoms with van der Waals surface area (Å²) < 4.78 is 0. The number of rotatable bonds is 2. The van der Waals surface area contributed by atoms with E-state index in [-0.39, 0.29) is 11.9 Å². The number of amides is 3. The van der Waals surface area contributed by atoms with Crippen LogP contribution in [-0.2, 0) is 17.6 Å². The summed E-state index contributed by atoms with van der Waals surface area (Å²) in [6.45, 7) is 4.41. The smallest absolute Gasteiger partial charge is 0.317 e.